The van der Waals surface area contributed by atoms with Gasteiger partial charge in [0.05, 0.1) is 22.2 Å². The van der Waals surface area contributed by atoms with E-state index in [0.717, 1.165) is 35.9 Å². The molecule has 29 heavy (non-hydrogen) atoms. The van der Waals surface area contributed by atoms with E-state index in [1.54, 1.807) is 23.5 Å². The van der Waals surface area contributed by atoms with E-state index in [1.165, 1.54) is 6.07 Å². The minimum atomic E-state index is -0.414. The van der Waals surface area contributed by atoms with Crippen LogP contribution in [0.25, 0.3) is 10.6 Å². The average Bonchev–Trinajstić information content (AvgIpc) is 3.23. The zero-order valence-electron chi connectivity index (χ0n) is 15.7. The first-order chi connectivity index (χ1) is 14.1. The number of aromatic nitrogens is 1. The molecule has 7 nitrogen and oxygen atoms in total. The quantitative estimate of drug-likeness (QED) is 0.472. The van der Waals surface area contributed by atoms with Crippen LogP contribution in [0.3, 0.4) is 0 Å². The minimum absolute atomic E-state index is 0.00972. The van der Waals surface area contributed by atoms with Crippen molar-refractivity contribution in [2.75, 3.05) is 31.1 Å². The van der Waals surface area contributed by atoms with Crippen LogP contribution in [0, 0.1) is 21.4 Å². The molecule has 0 atom stereocenters. The fourth-order valence-corrected chi connectivity index (χ4v) is 4.29. The van der Waals surface area contributed by atoms with Gasteiger partial charge in [0.15, 0.2) is 0 Å². The molecule has 4 rings (SSSR count). The molecule has 2 aromatic carbocycles. The van der Waals surface area contributed by atoms with Crippen molar-refractivity contribution in [3.63, 3.8) is 0 Å². The summed E-state index contributed by atoms with van der Waals surface area (Å²) in [5.74, 6) is 0. The highest BCUT2D eigenvalue weighted by Gasteiger charge is 2.24. The molecule has 0 radical (unpaired) electrons. The Hall–Kier alpha value is -3.28. The molecule has 0 spiro atoms. The number of benzene rings is 2. The zero-order valence-corrected chi connectivity index (χ0v) is 16.5. The lowest BCUT2D eigenvalue weighted by atomic mass is 10.1. The predicted octanol–water partition coefficient (Wildman–Crippen LogP) is 3.91. The third kappa shape index (κ3) is 4.26. The number of piperazine rings is 1. The largest absolute Gasteiger partial charge is 0.363 e. The molecule has 1 saturated heterocycles. The number of thiazole rings is 1. The van der Waals surface area contributed by atoms with E-state index >= 15 is 0 Å². The van der Waals surface area contributed by atoms with Gasteiger partial charge in [-0.25, -0.2) is 4.98 Å². The van der Waals surface area contributed by atoms with Crippen LogP contribution in [0.1, 0.15) is 11.3 Å². The summed E-state index contributed by atoms with van der Waals surface area (Å²) in [6, 6.07) is 16.8. The Labute approximate surface area is 172 Å². The summed E-state index contributed by atoms with van der Waals surface area (Å²) in [5, 5.41) is 23.5. The van der Waals surface area contributed by atoms with Crippen molar-refractivity contribution in [3.05, 3.63) is 75.3 Å². The van der Waals surface area contributed by atoms with Gasteiger partial charge in [-0.05, 0) is 12.1 Å². The molecule has 8 heteroatoms. The molecule has 0 amide bonds. The molecule has 0 N–H and O–H groups in total. The zero-order chi connectivity index (χ0) is 20.2. The Bertz CT molecular complexity index is 1050. The van der Waals surface area contributed by atoms with Crippen molar-refractivity contribution >= 4 is 22.7 Å². The average molecular weight is 405 g/mol. The number of hydrogen-bond acceptors (Lipinski definition) is 7. The Kier molecular flexibility index (Phi) is 5.51. The van der Waals surface area contributed by atoms with Crippen molar-refractivity contribution in [1.29, 1.82) is 5.26 Å². The van der Waals surface area contributed by atoms with E-state index in [4.69, 9.17) is 10.2 Å². The summed E-state index contributed by atoms with van der Waals surface area (Å²) in [5.41, 5.74) is 3.04. The van der Waals surface area contributed by atoms with Crippen LogP contribution < -0.4 is 4.90 Å². The first kappa shape index (κ1) is 19.1. The normalized spacial score (nSPS) is 14.5. The Balaban J connectivity index is 1.40. The molecule has 146 valence electrons. The first-order valence-corrected chi connectivity index (χ1v) is 10.2. The van der Waals surface area contributed by atoms with Gasteiger partial charge >= 0.3 is 0 Å². The lowest BCUT2D eigenvalue weighted by Gasteiger charge is -2.35. The monoisotopic (exact) mass is 405 g/mol. The summed E-state index contributed by atoms with van der Waals surface area (Å²) < 4.78 is 0. The molecule has 0 aliphatic carbocycles. The third-order valence-electron chi connectivity index (χ3n) is 4.97. The summed E-state index contributed by atoms with van der Waals surface area (Å²) in [4.78, 5) is 20.1. The van der Waals surface area contributed by atoms with E-state index in [2.05, 4.69) is 22.4 Å². The van der Waals surface area contributed by atoms with E-state index in [0.29, 0.717) is 24.3 Å². The standard InChI is InChI=1S/C21H19N5O2S/c22-13-16-6-7-19(20(12-16)26(27)28)25-10-8-24(9-11-25)14-18-15-29-21(23-18)17-4-2-1-3-5-17/h1-7,12,15H,8-11,14H2. The van der Waals surface area contributed by atoms with Crippen molar-refractivity contribution in [1.82, 2.24) is 9.88 Å². The van der Waals surface area contributed by atoms with Crippen LogP contribution in [0.4, 0.5) is 11.4 Å². The Morgan fingerprint density at radius 1 is 1.14 bits per heavy atom. The van der Waals surface area contributed by atoms with Gasteiger partial charge in [0.25, 0.3) is 5.69 Å². The van der Waals surface area contributed by atoms with Crippen LogP contribution in [-0.2, 0) is 6.54 Å². The maximum absolute atomic E-state index is 11.4. The predicted molar refractivity (Wildman–Crippen MR) is 113 cm³/mol. The fraction of sp³-hybridized carbons (Fsp3) is 0.238. The van der Waals surface area contributed by atoms with Crippen LogP contribution >= 0.6 is 11.3 Å². The highest BCUT2D eigenvalue weighted by atomic mass is 32.1. The summed E-state index contributed by atoms with van der Waals surface area (Å²) in [6.07, 6.45) is 0. The number of nitro benzene ring substituents is 1. The molecular weight excluding hydrogens is 386 g/mol. The highest BCUT2D eigenvalue weighted by Crippen LogP contribution is 2.30. The molecule has 1 aliphatic heterocycles. The SMILES string of the molecule is N#Cc1ccc(N2CCN(Cc3csc(-c4ccccc4)n3)CC2)c([N+](=O)[O-])c1. The lowest BCUT2D eigenvalue weighted by Crippen LogP contribution is -2.46. The van der Waals surface area contributed by atoms with Gasteiger partial charge in [0, 0.05) is 49.7 Å². The molecule has 3 aromatic rings. The highest BCUT2D eigenvalue weighted by molar-refractivity contribution is 7.13. The van der Waals surface area contributed by atoms with Gasteiger partial charge in [-0.2, -0.15) is 5.26 Å². The molecule has 2 heterocycles. The first-order valence-electron chi connectivity index (χ1n) is 9.30. The Morgan fingerprint density at radius 3 is 2.59 bits per heavy atom. The molecule has 0 saturated carbocycles. The van der Waals surface area contributed by atoms with Crippen molar-refractivity contribution in [2.45, 2.75) is 6.54 Å². The van der Waals surface area contributed by atoms with E-state index < -0.39 is 4.92 Å². The number of anilines is 1. The second-order valence-corrected chi connectivity index (χ2v) is 7.70. The van der Waals surface area contributed by atoms with Gasteiger partial charge in [0.1, 0.15) is 10.7 Å². The number of nitro groups is 1. The van der Waals surface area contributed by atoms with Gasteiger partial charge in [0.2, 0.25) is 0 Å². The van der Waals surface area contributed by atoms with Gasteiger partial charge in [-0.1, -0.05) is 30.3 Å². The summed E-state index contributed by atoms with van der Waals surface area (Å²) >= 11 is 1.65. The Morgan fingerprint density at radius 2 is 1.90 bits per heavy atom. The molecule has 1 fully saturated rings. The molecular formula is C21H19N5O2S. The molecule has 1 aromatic heterocycles. The third-order valence-corrected chi connectivity index (χ3v) is 5.91. The summed E-state index contributed by atoms with van der Waals surface area (Å²) in [7, 11) is 0. The van der Waals surface area contributed by atoms with Gasteiger partial charge < -0.3 is 4.90 Å². The van der Waals surface area contributed by atoms with Gasteiger partial charge in [-0.15, -0.1) is 11.3 Å². The van der Waals surface area contributed by atoms with E-state index in [-0.39, 0.29) is 5.69 Å². The van der Waals surface area contributed by atoms with Crippen molar-refractivity contribution in [2.24, 2.45) is 0 Å². The molecule has 0 bridgehead atoms. The van der Waals surface area contributed by atoms with Crippen molar-refractivity contribution < 1.29 is 4.92 Å². The van der Waals surface area contributed by atoms with Crippen LogP contribution in [0.2, 0.25) is 0 Å². The molecule has 1 aliphatic rings. The minimum Gasteiger partial charge on any atom is -0.363 e. The smallest absolute Gasteiger partial charge is 0.293 e. The van der Waals surface area contributed by atoms with E-state index in [1.807, 2.05) is 29.2 Å². The van der Waals surface area contributed by atoms with Crippen LogP contribution in [0.15, 0.2) is 53.9 Å². The fourth-order valence-electron chi connectivity index (χ4n) is 3.48. The topological polar surface area (TPSA) is 86.3 Å². The lowest BCUT2D eigenvalue weighted by molar-refractivity contribution is -0.384. The maximum Gasteiger partial charge on any atom is 0.293 e. The van der Waals surface area contributed by atoms with Crippen molar-refractivity contribution in [3.8, 4) is 16.6 Å². The molecule has 0 unspecified atom stereocenters. The maximum atomic E-state index is 11.4. The second-order valence-electron chi connectivity index (χ2n) is 6.85. The summed E-state index contributed by atoms with van der Waals surface area (Å²) in [6.45, 7) is 3.77. The number of hydrogen-bond donors (Lipinski definition) is 0. The second kappa shape index (κ2) is 8.39. The van der Waals surface area contributed by atoms with Gasteiger partial charge in [-0.3, -0.25) is 15.0 Å². The number of nitrogens with zero attached hydrogens (tertiary/aromatic N) is 5. The number of nitriles is 1. The van der Waals surface area contributed by atoms with Crippen LogP contribution in [0.5, 0.6) is 0 Å². The number of rotatable bonds is 5. The van der Waals surface area contributed by atoms with Crippen LogP contribution in [-0.4, -0.2) is 41.0 Å². The van der Waals surface area contributed by atoms with E-state index in [9.17, 15) is 10.1 Å².